The van der Waals surface area contributed by atoms with E-state index in [-0.39, 0.29) is 0 Å². The van der Waals surface area contributed by atoms with Crippen LogP contribution in [0.2, 0.25) is 0 Å². The molecule has 1 aliphatic heterocycles. The van der Waals surface area contributed by atoms with Crippen LogP contribution in [0.15, 0.2) is 16.6 Å². The average Bonchev–Trinajstić information content (AvgIpc) is 2.27. The highest BCUT2D eigenvalue weighted by molar-refractivity contribution is 9.10. The molecule has 0 radical (unpaired) electrons. The van der Waals surface area contributed by atoms with Gasteiger partial charge < -0.3 is 10.6 Å². The predicted octanol–water partition coefficient (Wildman–Crippen LogP) is 3.23. The summed E-state index contributed by atoms with van der Waals surface area (Å²) in [6.07, 6.45) is 2.43. The maximum Gasteiger partial charge on any atom is 0.0348 e. The highest BCUT2D eigenvalue weighted by Crippen LogP contribution is 2.26. The Kier molecular flexibility index (Phi) is 3.87. The van der Waals surface area contributed by atoms with Crippen molar-refractivity contribution in [2.24, 2.45) is 0 Å². The first-order valence-electron chi connectivity index (χ1n) is 5.91. The van der Waals surface area contributed by atoms with Crippen LogP contribution in [0.4, 0.5) is 5.69 Å². The Hall–Kier alpha value is -0.540. The van der Waals surface area contributed by atoms with Crippen LogP contribution in [0.25, 0.3) is 0 Å². The summed E-state index contributed by atoms with van der Waals surface area (Å²) in [5, 5.41) is 7.01. The molecule has 0 amide bonds. The molecule has 0 spiro atoms. The zero-order valence-electron chi connectivity index (χ0n) is 9.94. The minimum absolute atomic E-state index is 0.626. The van der Waals surface area contributed by atoms with Gasteiger partial charge in [-0.2, -0.15) is 0 Å². The monoisotopic (exact) mass is 282 g/mol. The number of benzene rings is 1. The van der Waals surface area contributed by atoms with Crippen molar-refractivity contribution in [1.82, 2.24) is 5.32 Å². The first kappa shape index (κ1) is 11.9. The van der Waals surface area contributed by atoms with E-state index in [1.54, 1.807) is 0 Å². The summed E-state index contributed by atoms with van der Waals surface area (Å²) in [4.78, 5) is 0. The molecule has 2 rings (SSSR count). The molecule has 2 N–H and O–H groups in total. The van der Waals surface area contributed by atoms with Gasteiger partial charge in [0.2, 0.25) is 0 Å². The number of halogens is 1. The lowest BCUT2D eigenvalue weighted by atomic mass is 10.1. The first-order chi connectivity index (χ1) is 7.66. The van der Waals surface area contributed by atoms with Crippen molar-refractivity contribution < 1.29 is 0 Å². The highest BCUT2D eigenvalue weighted by Gasteiger charge is 2.13. The first-order valence-corrected chi connectivity index (χ1v) is 6.70. The van der Waals surface area contributed by atoms with Gasteiger partial charge in [-0.05, 0) is 63.0 Å². The Morgan fingerprint density at radius 1 is 1.19 bits per heavy atom. The van der Waals surface area contributed by atoms with Crippen molar-refractivity contribution in [3.8, 4) is 0 Å². The Labute approximate surface area is 106 Å². The van der Waals surface area contributed by atoms with Gasteiger partial charge in [-0.3, -0.25) is 0 Å². The molecule has 1 aromatic rings. The molecule has 16 heavy (non-hydrogen) atoms. The normalized spacial score (nSPS) is 17.4. The quantitative estimate of drug-likeness (QED) is 0.870. The minimum Gasteiger partial charge on any atom is -0.382 e. The number of nitrogens with one attached hydrogen (secondary N) is 2. The van der Waals surface area contributed by atoms with Gasteiger partial charge in [0.15, 0.2) is 0 Å². The van der Waals surface area contributed by atoms with Crippen LogP contribution >= 0.6 is 15.9 Å². The van der Waals surface area contributed by atoms with Crippen LogP contribution in [0.1, 0.15) is 24.0 Å². The zero-order chi connectivity index (χ0) is 11.5. The van der Waals surface area contributed by atoms with Crippen LogP contribution in [-0.4, -0.2) is 19.1 Å². The lowest BCUT2D eigenvalue weighted by Crippen LogP contribution is -2.35. The molecular weight excluding hydrogens is 264 g/mol. The lowest BCUT2D eigenvalue weighted by Gasteiger charge is -2.25. The second kappa shape index (κ2) is 5.19. The van der Waals surface area contributed by atoms with Crippen LogP contribution in [0.5, 0.6) is 0 Å². The fourth-order valence-corrected chi connectivity index (χ4v) is 2.46. The fraction of sp³-hybridized carbons (Fsp3) is 0.538. The SMILES string of the molecule is Cc1cc(NC2CCNCC2)cc(C)c1Br. The predicted molar refractivity (Wildman–Crippen MR) is 73.1 cm³/mol. The summed E-state index contributed by atoms with van der Waals surface area (Å²) in [5.74, 6) is 0. The second-order valence-corrected chi connectivity index (χ2v) is 5.39. The molecule has 0 aliphatic carbocycles. The van der Waals surface area contributed by atoms with E-state index in [1.807, 2.05) is 0 Å². The largest absolute Gasteiger partial charge is 0.382 e. The standard InChI is InChI=1S/C13H19BrN2/c1-9-7-12(8-10(2)13(9)14)16-11-3-5-15-6-4-11/h7-8,11,15-16H,3-6H2,1-2H3. The van der Waals surface area contributed by atoms with Crippen LogP contribution in [0.3, 0.4) is 0 Å². The summed E-state index contributed by atoms with van der Waals surface area (Å²) in [7, 11) is 0. The smallest absolute Gasteiger partial charge is 0.0348 e. The van der Waals surface area contributed by atoms with Gasteiger partial charge in [-0.1, -0.05) is 15.9 Å². The van der Waals surface area contributed by atoms with Gasteiger partial charge in [-0.25, -0.2) is 0 Å². The molecule has 0 bridgehead atoms. The third-order valence-corrected chi connectivity index (χ3v) is 4.40. The summed E-state index contributed by atoms with van der Waals surface area (Å²) < 4.78 is 1.23. The topological polar surface area (TPSA) is 24.1 Å². The zero-order valence-corrected chi connectivity index (χ0v) is 11.5. The van der Waals surface area contributed by atoms with Crippen LogP contribution < -0.4 is 10.6 Å². The molecule has 2 nitrogen and oxygen atoms in total. The molecule has 1 aliphatic rings. The number of piperidine rings is 1. The third-order valence-electron chi connectivity index (χ3n) is 3.15. The Bertz CT molecular complexity index is 347. The van der Waals surface area contributed by atoms with Gasteiger partial charge in [0.1, 0.15) is 0 Å². The molecule has 88 valence electrons. The van der Waals surface area contributed by atoms with Gasteiger partial charge in [0, 0.05) is 16.2 Å². The van der Waals surface area contributed by atoms with Crippen LogP contribution in [-0.2, 0) is 0 Å². The van der Waals surface area contributed by atoms with E-state index in [2.05, 4.69) is 52.5 Å². The van der Waals surface area contributed by atoms with E-state index in [9.17, 15) is 0 Å². The van der Waals surface area contributed by atoms with Gasteiger partial charge in [0.25, 0.3) is 0 Å². The van der Waals surface area contributed by atoms with Gasteiger partial charge in [0.05, 0.1) is 0 Å². The van der Waals surface area contributed by atoms with Crippen molar-refractivity contribution >= 4 is 21.6 Å². The number of anilines is 1. The van der Waals surface area contributed by atoms with Crippen molar-refractivity contribution in [2.75, 3.05) is 18.4 Å². The molecule has 0 aromatic heterocycles. The highest BCUT2D eigenvalue weighted by atomic mass is 79.9. The number of hydrogen-bond donors (Lipinski definition) is 2. The minimum atomic E-state index is 0.626. The summed E-state index contributed by atoms with van der Waals surface area (Å²) >= 11 is 3.60. The second-order valence-electron chi connectivity index (χ2n) is 4.59. The molecule has 0 saturated carbocycles. The van der Waals surface area contributed by atoms with E-state index in [1.165, 1.54) is 34.1 Å². The lowest BCUT2D eigenvalue weighted by molar-refractivity contribution is 0.479. The molecule has 1 aromatic carbocycles. The van der Waals surface area contributed by atoms with Gasteiger partial charge >= 0.3 is 0 Å². The molecule has 0 unspecified atom stereocenters. The Balaban J connectivity index is 2.09. The molecule has 1 heterocycles. The molecule has 1 saturated heterocycles. The van der Waals surface area contributed by atoms with Crippen molar-refractivity contribution in [3.63, 3.8) is 0 Å². The Morgan fingerprint density at radius 3 is 2.31 bits per heavy atom. The number of aryl methyl sites for hydroxylation is 2. The van der Waals surface area contributed by atoms with E-state index in [0.717, 1.165) is 13.1 Å². The molecule has 0 atom stereocenters. The molecular formula is C13H19BrN2. The van der Waals surface area contributed by atoms with Crippen molar-refractivity contribution in [3.05, 3.63) is 27.7 Å². The number of hydrogen-bond acceptors (Lipinski definition) is 2. The fourth-order valence-electron chi connectivity index (χ4n) is 2.23. The maximum atomic E-state index is 3.63. The van der Waals surface area contributed by atoms with Crippen molar-refractivity contribution in [1.29, 1.82) is 0 Å². The average molecular weight is 283 g/mol. The van der Waals surface area contributed by atoms with Crippen molar-refractivity contribution in [2.45, 2.75) is 32.7 Å². The maximum absolute atomic E-state index is 3.63. The van der Waals surface area contributed by atoms with E-state index >= 15 is 0 Å². The van der Waals surface area contributed by atoms with E-state index in [0.29, 0.717) is 6.04 Å². The molecule has 1 fully saturated rings. The number of rotatable bonds is 2. The Morgan fingerprint density at radius 2 is 1.75 bits per heavy atom. The summed E-state index contributed by atoms with van der Waals surface area (Å²) in [5.41, 5.74) is 3.86. The van der Waals surface area contributed by atoms with E-state index in [4.69, 9.17) is 0 Å². The summed E-state index contributed by atoms with van der Waals surface area (Å²) in [6, 6.07) is 5.07. The van der Waals surface area contributed by atoms with Crippen LogP contribution in [0, 0.1) is 13.8 Å². The van der Waals surface area contributed by atoms with E-state index < -0.39 is 0 Å². The summed E-state index contributed by atoms with van der Waals surface area (Å²) in [6.45, 7) is 6.55. The molecule has 3 heteroatoms. The third kappa shape index (κ3) is 2.77. The van der Waals surface area contributed by atoms with Gasteiger partial charge in [-0.15, -0.1) is 0 Å².